The van der Waals surface area contributed by atoms with Gasteiger partial charge in [-0.1, -0.05) is 18.6 Å². The van der Waals surface area contributed by atoms with Gasteiger partial charge in [-0.05, 0) is 73.7 Å². The number of rotatable bonds is 7. The minimum Gasteiger partial charge on any atom is -0.497 e. The Morgan fingerprint density at radius 2 is 1.86 bits per heavy atom. The summed E-state index contributed by atoms with van der Waals surface area (Å²) in [5, 5.41) is 3.86. The summed E-state index contributed by atoms with van der Waals surface area (Å²) < 4.78 is 33.0. The van der Waals surface area contributed by atoms with Crippen LogP contribution in [0.4, 0.5) is 5.82 Å². The maximum absolute atomic E-state index is 13.1. The quantitative estimate of drug-likeness (QED) is 0.505. The fourth-order valence-electron chi connectivity index (χ4n) is 5.20. The zero-order valence-electron chi connectivity index (χ0n) is 21.2. The first-order chi connectivity index (χ1) is 17.9. The Labute approximate surface area is 218 Å². The lowest BCUT2D eigenvalue weighted by atomic mass is 9.97. The topological polar surface area (TPSA) is 91.8 Å². The van der Waals surface area contributed by atoms with Crippen LogP contribution in [0.5, 0.6) is 5.75 Å². The number of fused-ring (bicyclic) bond motifs is 1. The number of aromatic nitrogens is 1. The van der Waals surface area contributed by atoms with Crippen LogP contribution in [0, 0.1) is 5.92 Å². The number of carbonyl (C=O) groups excluding carboxylic acids is 1. The van der Waals surface area contributed by atoms with E-state index in [0.29, 0.717) is 31.1 Å². The van der Waals surface area contributed by atoms with Crippen molar-refractivity contribution in [3.05, 3.63) is 60.2 Å². The van der Waals surface area contributed by atoms with Crippen molar-refractivity contribution in [2.45, 2.75) is 43.5 Å². The molecule has 1 N–H and O–H groups in total. The minimum absolute atomic E-state index is 0.0425. The lowest BCUT2D eigenvalue weighted by Gasteiger charge is -2.33. The minimum atomic E-state index is -3.49. The summed E-state index contributed by atoms with van der Waals surface area (Å²) in [4.78, 5) is 20.2. The fourth-order valence-corrected chi connectivity index (χ4v) is 6.75. The van der Waals surface area contributed by atoms with Crippen molar-refractivity contribution in [3.63, 3.8) is 0 Å². The molecule has 1 atom stereocenters. The number of piperidine rings is 2. The molecule has 5 rings (SSSR count). The summed E-state index contributed by atoms with van der Waals surface area (Å²) in [6, 6.07) is 16.7. The molecule has 2 aliphatic rings. The van der Waals surface area contributed by atoms with Crippen LogP contribution in [-0.2, 0) is 21.4 Å². The molecule has 1 aromatic heterocycles. The Morgan fingerprint density at radius 1 is 1.03 bits per heavy atom. The van der Waals surface area contributed by atoms with Gasteiger partial charge >= 0.3 is 0 Å². The van der Waals surface area contributed by atoms with Crippen molar-refractivity contribution in [2.24, 2.45) is 5.92 Å². The van der Waals surface area contributed by atoms with Crippen LogP contribution < -0.4 is 15.0 Å². The molecule has 3 aromatic rings. The first kappa shape index (κ1) is 25.5. The molecule has 0 unspecified atom stereocenters. The monoisotopic (exact) mass is 522 g/mol. The molecule has 2 aromatic carbocycles. The number of hydrogen-bond donors (Lipinski definition) is 1. The molecule has 0 bridgehead atoms. The Kier molecular flexibility index (Phi) is 7.62. The average Bonchev–Trinajstić information content (AvgIpc) is 2.96. The highest BCUT2D eigenvalue weighted by molar-refractivity contribution is 7.89. The summed E-state index contributed by atoms with van der Waals surface area (Å²) in [6.07, 6.45) is 4.65. The van der Waals surface area contributed by atoms with Crippen LogP contribution in [0.2, 0.25) is 0 Å². The van der Waals surface area contributed by atoms with Gasteiger partial charge in [0.15, 0.2) is 0 Å². The number of methoxy groups -OCH3 is 1. The van der Waals surface area contributed by atoms with Crippen LogP contribution in [0.15, 0.2) is 59.5 Å². The SMILES string of the molecule is COc1cccc(CNC(=O)[C@H]2CCCN(c3ccc4cc(S(=O)(=O)N5CCCCC5)ccc4n3)C2)c1. The van der Waals surface area contributed by atoms with Gasteiger partial charge in [-0.3, -0.25) is 4.79 Å². The summed E-state index contributed by atoms with van der Waals surface area (Å²) in [5.41, 5.74) is 1.75. The zero-order chi connectivity index (χ0) is 25.8. The van der Waals surface area contributed by atoms with Gasteiger partial charge in [-0.25, -0.2) is 13.4 Å². The molecular formula is C28H34N4O4S. The van der Waals surface area contributed by atoms with Crippen LogP contribution in [0.3, 0.4) is 0 Å². The number of nitrogens with one attached hydrogen (secondary N) is 1. The van der Waals surface area contributed by atoms with Crippen molar-refractivity contribution in [1.82, 2.24) is 14.6 Å². The zero-order valence-corrected chi connectivity index (χ0v) is 22.0. The number of carbonyl (C=O) groups is 1. The highest BCUT2D eigenvalue weighted by Crippen LogP contribution is 2.27. The lowest BCUT2D eigenvalue weighted by Crippen LogP contribution is -2.43. The number of hydrogen-bond acceptors (Lipinski definition) is 6. The van der Waals surface area contributed by atoms with Crippen LogP contribution >= 0.6 is 0 Å². The van der Waals surface area contributed by atoms with E-state index >= 15 is 0 Å². The second-order valence-corrected chi connectivity index (χ2v) is 11.8. The van der Waals surface area contributed by atoms with Crippen LogP contribution in [-0.4, -0.2) is 56.9 Å². The molecule has 2 saturated heterocycles. The van der Waals surface area contributed by atoms with E-state index in [4.69, 9.17) is 9.72 Å². The molecule has 9 heteroatoms. The number of benzene rings is 2. The second-order valence-electron chi connectivity index (χ2n) is 9.84. The number of amides is 1. The number of pyridine rings is 1. The molecule has 2 aliphatic heterocycles. The summed E-state index contributed by atoms with van der Waals surface area (Å²) >= 11 is 0. The maximum atomic E-state index is 13.1. The number of ether oxygens (including phenoxy) is 1. The maximum Gasteiger partial charge on any atom is 0.243 e. The van der Waals surface area contributed by atoms with Gasteiger partial charge in [-0.15, -0.1) is 0 Å². The van der Waals surface area contributed by atoms with Gasteiger partial charge < -0.3 is 15.0 Å². The lowest BCUT2D eigenvalue weighted by molar-refractivity contribution is -0.125. The third kappa shape index (κ3) is 5.72. The van der Waals surface area contributed by atoms with Gasteiger partial charge in [0.25, 0.3) is 0 Å². The molecule has 0 saturated carbocycles. The molecule has 196 valence electrons. The van der Waals surface area contributed by atoms with Crippen LogP contribution in [0.1, 0.15) is 37.7 Å². The van der Waals surface area contributed by atoms with Gasteiger partial charge in [0.05, 0.1) is 23.4 Å². The second kappa shape index (κ2) is 11.1. The molecule has 37 heavy (non-hydrogen) atoms. The van der Waals surface area contributed by atoms with Gasteiger partial charge in [0.1, 0.15) is 11.6 Å². The van der Waals surface area contributed by atoms with E-state index in [9.17, 15) is 13.2 Å². The van der Waals surface area contributed by atoms with E-state index in [1.807, 2.05) is 36.4 Å². The van der Waals surface area contributed by atoms with Crippen molar-refractivity contribution >= 4 is 32.7 Å². The molecule has 0 radical (unpaired) electrons. The van der Waals surface area contributed by atoms with Crippen molar-refractivity contribution in [1.29, 1.82) is 0 Å². The van der Waals surface area contributed by atoms with Crippen LogP contribution in [0.25, 0.3) is 10.9 Å². The Morgan fingerprint density at radius 3 is 2.68 bits per heavy atom. The molecule has 8 nitrogen and oxygen atoms in total. The average molecular weight is 523 g/mol. The fraction of sp³-hybridized carbons (Fsp3) is 0.429. The van der Waals surface area contributed by atoms with Crippen molar-refractivity contribution in [2.75, 3.05) is 38.2 Å². The van der Waals surface area contributed by atoms with E-state index in [1.165, 1.54) is 0 Å². The smallest absolute Gasteiger partial charge is 0.243 e. The Bertz CT molecular complexity index is 1370. The highest BCUT2D eigenvalue weighted by atomic mass is 32.2. The summed E-state index contributed by atoms with van der Waals surface area (Å²) in [7, 11) is -1.86. The molecular weight excluding hydrogens is 488 g/mol. The van der Waals surface area contributed by atoms with Gasteiger partial charge in [-0.2, -0.15) is 4.31 Å². The molecule has 0 aliphatic carbocycles. The molecule has 1 amide bonds. The molecule has 2 fully saturated rings. The summed E-state index contributed by atoms with van der Waals surface area (Å²) in [5.74, 6) is 1.51. The van der Waals surface area contributed by atoms with Crippen molar-refractivity contribution in [3.8, 4) is 5.75 Å². The van der Waals surface area contributed by atoms with E-state index in [-0.39, 0.29) is 11.8 Å². The third-order valence-corrected chi connectivity index (χ3v) is 9.21. The Balaban J connectivity index is 1.26. The predicted octanol–water partition coefficient (Wildman–Crippen LogP) is 3.95. The van der Waals surface area contributed by atoms with E-state index < -0.39 is 10.0 Å². The third-order valence-electron chi connectivity index (χ3n) is 7.32. The number of nitrogens with zero attached hydrogens (tertiary/aromatic N) is 3. The summed E-state index contributed by atoms with van der Waals surface area (Å²) in [6.45, 7) is 3.06. The normalized spacial score (nSPS) is 19.1. The number of anilines is 1. The predicted molar refractivity (Wildman–Crippen MR) is 144 cm³/mol. The van der Waals surface area contributed by atoms with Gasteiger partial charge in [0.2, 0.25) is 15.9 Å². The standard InChI is InChI=1S/C28H34N4O4S/c1-36-24-9-5-7-21(17-24)19-29-28(33)23-8-6-14-31(20-23)27-13-10-22-18-25(11-12-26(22)30-27)37(34,35)32-15-3-2-4-16-32/h5,7,9-13,17-18,23H,2-4,6,8,14-16,19-20H2,1H3,(H,29,33)/t23-/m0/s1. The van der Waals surface area contributed by atoms with Crippen molar-refractivity contribution < 1.29 is 17.9 Å². The van der Waals surface area contributed by atoms with E-state index in [1.54, 1.807) is 29.6 Å². The first-order valence-electron chi connectivity index (χ1n) is 13.0. The van der Waals surface area contributed by atoms with E-state index in [2.05, 4.69) is 10.2 Å². The largest absolute Gasteiger partial charge is 0.497 e. The Hall–Kier alpha value is -3.17. The first-order valence-corrected chi connectivity index (χ1v) is 14.4. The number of sulfonamides is 1. The highest BCUT2D eigenvalue weighted by Gasteiger charge is 2.28. The molecule has 0 spiro atoms. The van der Waals surface area contributed by atoms with E-state index in [0.717, 1.165) is 66.7 Å². The molecule has 3 heterocycles. The van der Waals surface area contributed by atoms with Gasteiger partial charge in [0, 0.05) is 38.1 Å².